The van der Waals surface area contributed by atoms with Crippen LogP contribution in [0.1, 0.15) is 30.7 Å². The number of aromatic nitrogens is 2. The number of aryl methyl sites for hydroxylation is 1. The van der Waals surface area contributed by atoms with Crippen LogP contribution in [-0.4, -0.2) is 16.5 Å². The molecule has 0 aliphatic rings. The molecule has 0 bridgehead atoms. The SMILES string of the molecule is Cc1ccc2nc(C(C)CCN)[nH]c2c1. The molecule has 1 unspecified atom stereocenters. The molecule has 1 atom stereocenters. The molecular formula is C12H17N3. The van der Waals surface area contributed by atoms with E-state index < -0.39 is 0 Å². The topological polar surface area (TPSA) is 54.7 Å². The molecule has 0 radical (unpaired) electrons. The Morgan fingerprint density at radius 3 is 3.00 bits per heavy atom. The average Bonchev–Trinajstić information content (AvgIpc) is 2.60. The van der Waals surface area contributed by atoms with Crippen LogP contribution in [-0.2, 0) is 0 Å². The van der Waals surface area contributed by atoms with E-state index in [-0.39, 0.29) is 0 Å². The fourth-order valence-corrected chi connectivity index (χ4v) is 1.76. The number of rotatable bonds is 3. The van der Waals surface area contributed by atoms with Gasteiger partial charge in [-0.3, -0.25) is 0 Å². The summed E-state index contributed by atoms with van der Waals surface area (Å²) in [6, 6.07) is 6.27. The summed E-state index contributed by atoms with van der Waals surface area (Å²) < 4.78 is 0. The second-order valence-corrected chi connectivity index (χ2v) is 4.12. The van der Waals surface area contributed by atoms with Gasteiger partial charge in [0.25, 0.3) is 0 Å². The van der Waals surface area contributed by atoms with Gasteiger partial charge < -0.3 is 10.7 Å². The molecule has 2 rings (SSSR count). The highest BCUT2D eigenvalue weighted by Crippen LogP contribution is 2.20. The van der Waals surface area contributed by atoms with E-state index in [1.807, 2.05) is 0 Å². The Labute approximate surface area is 89.7 Å². The first-order valence-electron chi connectivity index (χ1n) is 5.37. The van der Waals surface area contributed by atoms with Gasteiger partial charge in [-0.25, -0.2) is 4.98 Å². The van der Waals surface area contributed by atoms with Crippen LogP contribution in [0.15, 0.2) is 18.2 Å². The Kier molecular flexibility index (Phi) is 2.73. The Morgan fingerprint density at radius 1 is 1.47 bits per heavy atom. The van der Waals surface area contributed by atoms with Gasteiger partial charge in [-0.05, 0) is 37.6 Å². The van der Waals surface area contributed by atoms with Crippen molar-refractivity contribution in [2.75, 3.05) is 6.54 Å². The molecule has 3 N–H and O–H groups in total. The molecular weight excluding hydrogens is 186 g/mol. The minimum atomic E-state index is 0.405. The number of H-pyrrole nitrogens is 1. The van der Waals surface area contributed by atoms with E-state index in [9.17, 15) is 0 Å². The second-order valence-electron chi connectivity index (χ2n) is 4.12. The molecule has 0 amide bonds. The standard InChI is InChI=1S/C12H17N3/c1-8-3-4-10-11(7-8)15-12(14-10)9(2)5-6-13/h3-4,7,9H,5-6,13H2,1-2H3,(H,14,15). The fourth-order valence-electron chi connectivity index (χ4n) is 1.76. The van der Waals surface area contributed by atoms with Crippen LogP contribution < -0.4 is 5.73 Å². The lowest BCUT2D eigenvalue weighted by atomic mass is 10.1. The maximum absolute atomic E-state index is 5.54. The average molecular weight is 203 g/mol. The molecule has 0 aliphatic carbocycles. The summed E-state index contributed by atoms with van der Waals surface area (Å²) in [4.78, 5) is 7.92. The van der Waals surface area contributed by atoms with E-state index in [4.69, 9.17) is 5.73 Å². The molecule has 0 saturated heterocycles. The molecule has 0 saturated carbocycles. The summed E-state index contributed by atoms with van der Waals surface area (Å²) in [5, 5.41) is 0. The molecule has 0 fully saturated rings. The predicted molar refractivity (Wildman–Crippen MR) is 62.9 cm³/mol. The highest BCUT2D eigenvalue weighted by atomic mass is 14.9. The lowest BCUT2D eigenvalue weighted by Crippen LogP contribution is -2.05. The van der Waals surface area contributed by atoms with Gasteiger partial charge in [0.15, 0.2) is 0 Å². The van der Waals surface area contributed by atoms with Gasteiger partial charge in [-0.15, -0.1) is 0 Å². The van der Waals surface area contributed by atoms with Crippen LogP contribution in [0.25, 0.3) is 11.0 Å². The number of nitrogens with two attached hydrogens (primary N) is 1. The Bertz CT molecular complexity index is 459. The lowest BCUT2D eigenvalue weighted by Gasteiger charge is -2.04. The zero-order valence-corrected chi connectivity index (χ0v) is 9.25. The predicted octanol–water partition coefficient (Wildman–Crippen LogP) is 2.32. The van der Waals surface area contributed by atoms with Gasteiger partial charge in [0.2, 0.25) is 0 Å². The van der Waals surface area contributed by atoms with Gasteiger partial charge in [-0.1, -0.05) is 13.0 Å². The molecule has 0 spiro atoms. The number of nitrogens with zero attached hydrogens (tertiary/aromatic N) is 1. The first kappa shape index (κ1) is 10.2. The van der Waals surface area contributed by atoms with Gasteiger partial charge in [0.1, 0.15) is 5.82 Å². The maximum Gasteiger partial charge on any atom is 0.110 e. The van der Waals surface area contributed by atoms with Crippen LogP contribution in [0.2, 0.25) is 0 Å². The smallest absolute Gasteiger partial charge is 0.110 e. The number of fused-ring (bicyclic) bond motifs is 1. The monoisotopic (exact) mass is 203 g/mol. The molecule has 3 nitrogen and oxygen atoms in total. The first-order chi connectivity index (χ1) is 7.20. The van der Waals surface area contributed by atoms with Crippen LogP contribution in [0.5, 0.6) is 0 Å². The third kappa shape index (κ3) is 2.02. The molecule has 1 aromatic carbocycles. The van der Waals surface area contributed by atoms with Crippen molar-refractivity contribution in [2.45, 2.75) is 26.2 Å². The summed E-state index contributed by atoms with van der Waals surface area (Å²) in [7, 11) is 0. The van der Waals surface area contributed by atoms with Crippen LogP contribution >= 0.6 is 0 Å². The molecule has 2 aromatic rings. The van der Waals surface area contributed by atoms with E-state index in [1.54, 1.807) is 0 Å². The van der Waals surface area contributed by atoms with Gasteiger partial charge in [0.05, 0.1) is 11.0 Å². The van der Waals surface area contributed by atoms with E-state index >= 15 is 0 Å². The summed E-state index contributed by atoms with van der Waals surface area (Å²) in [5.41, 5.74) is 8.96. The molecule has 80 valence electrons. The van der Waals surface area contributed by atoms with E-state index in [0.717, 1.165) is 23.3 Å². The summed E-state index contributed by atoms with van der Waals surface area (Å²) in [5.74, 6) is 1.45. The van der Waals surface area contributed by atoms with E-state index in [2.05, 4.69) is 42.0 Å². The number of hydrogen-bond donors (Lipinski definition) is 2. The number of aromatic amines is 1. The van der Waals surface area contributed by atoms with Crippen molar-refractivity contribution in [1.29, 1.82) is 0 Å². The quantitative estimate of drug-likeness (QED) is 0.804. The molecule has 3 heteroatoms. The summed E-state index contributed by atoms with van der Waals surface area (Å²) >= 11 is 0. The van der Waals surface area contributed by atoms with Gasteiger partial charge >= 0.3 is 0 Å². The Morgan fingerprint density at radius 2 is 2.27 bits per heavy atom. The van der Waals surface area contributed by atoms with Gasteiger partial charge in [0, 0.05) is 5.92 Å². The number of imidazole rings is 1. The largest absolute Gasteiger partial charge is 0.342 e. The minimum Gasteiger partial charge on any atom is -0.342 e. The van der Waals surface area contributed by atoms with E-state index in [0.29, 0.717) is 12.5 Å². The third-order valence-corrected chi connectivity index (χ3v) is 2.72. The second kappa shape index (κ2) is 4.03. The molecule has 1 aromatic heterocycles. The van der Waals surface area contributed by atoms with E-state index in [1.165, 1.54) is 5.56 Å². The minimum absolute atomic E-state index is 0.405. The highest BCUT2D eigenvalue weighted by molar-refractivity contribution is 5.75. The van der Waals surface area contributed by atoms with Crippen molar-refractivity contribution in [2.24, 2.45) is 5.73 Å². The summed E-state index contributed by atoms with van der Waals surface area (Å²) in [6.45, 7) is 4.94. The zero-order valence-electron chi connectivity index (χ0n) is 9.25. The normalized spacial score (nSPS) is 13.3. The van der Waals surface area contributed by atoms with Crippen molar-refractivity contribution < 1.29 is 0 Å². The van der Waals surface area contributed by atoms with Crippen LogP contribution in [0.4, 0.5) is 0 Å². The van der Waals surface area contributed by atoms with Crippen molar-refractivity contribution in [3.63, 3.8) is 0 Å². The maximum atomic E-state index is 5.54. The van der Waals surface area contributed by atoms with Crippen molar-refractivity contribution in [1.82, 2.24) is 9.97 Å². The zero-order chi connectivity index (χ0) is 10.8. The van der Waals surface area contributed by atoms with Gasteiger partial charge in [-0.2, -0.15) is 0 Å². The van der Waals surface area contributed by atoms with Crippen molar-refractivity contribution in [3.05, 3.63) is 29.6 Å². The first-order valence-corrected chi connectivity index (χ1v) is 5.37. The molecule has 15 heavy (non-hydrogen) atoms. The highest BCUT2D eigenvalue weighted by Gasteiger charge is 2.09. The molecule has 0 aliphatic heterocycles. The number of hydrogen-bond acceptors (Lipinski definition) is 2. The third-order valence-electron chi connectivity index (χ3n) is 2.72. The molecule has 1 heterocycles. The fraction of sp³-hybridized carbons (Fsp3) is 0.417. The van der Waals surface area contributed by atoms with Crippen LogP contribution in [0, 0.1) is 6.92 Å². The van der Waals surface area contributed by atoms with Crippen LogP contribution in [0.3, 0.4) is 0 Å². The summed E-state index contributed by atoms with van der Waals surface area (Å²) in [6.07, 6.45) is 0.971. The lowest BCUT2D eigenvalue weighted by molar-refractivity contribution is 0.657. The number of benzene rings is 1. The Hall–Kier alpha value is -1.35. The van der Waals surface area contributed by atoms with Crippen molar-refractivity contribution >= 4 is 11.0 Å². The number of nitrogens with one attached hydrogen (secondary N) is 1. The van der Waals surface area contributed by atoms with Crippen molar-refractivity contribution in [3.8, 4) is 0 Å². The Balaban J connectivity index is 2.38.